The van der Waals surface area contributed by atoms with Gasteiger partial charge >= 0.3 is 5.69 Å². The van der Waals surface area contributed by atoms with Gasteiger partial charge in [-0.1, -0.05) is 36.4 Å². The van der Waals surface area contributed by atoms with E-state index in [1.54, 1.807) is 13.0 Å². The van der Waals surface area contributed by atoms with E-state index >= 15 is 0 Å². The number of aryl methyl sites for hydroxylation is 1. The predicted octanol–water partition coefficient (Wildman–Crippen LogP) is 0.687. The van der Waals surface area contributed by atoms with Gasteiger partial charge in [-0.05, 0) is 59.3 Å². The molecule has 31 heavy (non-hydrogen) atoms. The number of rotatable bonds is 6. The van der Waals surface area contributed by atoms with E-state index in [4.69, 9.17) is 4.74 Å². The maximum Gasteiger partial charge on any atom is 0.311 e. The molecule has 0 saturated carbocycles. The van der Waals surface area contributed by atoms with Crippen LogP contribution in [0.4, 0.5) is 5.69 Å². The molecule has 3 rings (SSSR count). The molecule has 1 heterocycles. The molecule has 2 aromatic carbocycles. The quantitative estimate of drug-likeness (QED) is 0.240. The molecule has 0 amide bonds. The van der Waals surface area contributed by atoms with E-state index in [9.17, 15) is 10.1 Å². The van der Waals surface area contributed by atoms with Gasteiger partial charge in [-0.25, -0.2) is 0 Å². The van der Waals surface area contributed by atoms with Gasteiger partial charge in [0.05, 0.1) is 4.92 Å². The Kier molecular flexibility index (Phi) is 6.72. The first-order valence-corrected chi connectivity index (χ1v) is 11.1. The van der Waals surface area contributed by atoms with Crippen LogP contribution in [0.25, 0.3) is 5.57 Å². The third-order valence-electron chi connectivity index (χ3n) is 5.91. The molecule has 2 aromatic rings. The standard InChI is InChI=1S/C21H28B4N2O3S/c1-13-8-18(27(28)29)19(30-14(2)31)9-17(13)16-10-20(22,23)26(21(24,25)11-16)12-15-6-4-3-5-7-15/h3-10,14,31H,11-12,22-25H2,1-2H3. The maximum atomic E-state index is 11.5. The second-order valence-corrected chi connectivity index (χ2v) is 10.2. The highest BCUT2D eigenvalue weighted by atomic mass is 32.1. The minimum atomic E-state index is -0.441. The first kappa shape index (κ1) is 23.6. The highest BCUT2D eigenvalue weighted by molar-refractivity contribution is 7.80. The smallest absolute Gasteiger partial charge is 0.311 e. The van der Waals surface area contributed by atoms with E-state index in [0.29, 0.717) is 0 Å². The highest BCUT2D eigenvalue weighted by Gasteiger charge is 2.41. The lowest BCUT2D eigenvalue weighted by Crippen LogP contribution is -2.63. The minimum absolute atomic E-state index is 0.0252. The summed E-state index contributed by atoms with van der Waals surface area (Å²) in [6.07, 6.45) is 3.13. The lowest BCUT2D eigenvalue weighted by Gasteiger charge is -2.53. The maximum absolute atomic E-state index is 11.5. The Hall–Kier alpha value is -2.05. The number of nitrogens with zero attached hydrogens (tertiary/aromatic N) is 2. The van der Waals surface area contributed by atoms with Gasteiger partial charge in [0.1, 0.15) is 36.8 Å². The second kappa shape index (κ2) is 8.83. The Morgan fingerprint density at radius 1 is 1.23 bits per heavy atom. The van der Waals surface area contributed by atoms with Gasteiger partial charge in [-0.3, -0.25) is 10.1 Å². The van der Waals surface area contributed by atoms with Crippen LogP contribution in [0.2, 0.25) is 0 Å². The molecule has 0 saturated heterocycles. The van der Waals surface area contributed by atoms with Crippen molar-refractivity contribution in [3.8, 4) is 5.75 Å². The van der Waals surface area contributed by atoms with E-state index < -0.39 is 10.4 Å². The largest absolute Gasteiger partial charge is 0.473 e. The number of benzene rings is 2. The fourth-order valence-electron chi connectivity index (χ4n) is 4.69. The summed E-state index contributed by atoms with van der Waals surface area (Å²) in [4.78, 5) is 13.7. The van der Waals surface area contributed by atoms with Gasteiger partial charge in [0.2, 0.25) is 0 Å². The Bertz CT molecular complexity index is 1010. The van der Waals surface area contributed by atoms with Crippen molar-refractivity contribution in [2.75, 3.05) is 0 Å². The third-order valence-corrected chi connectivity index (χ3v) is 6.01. The van der Waals surface area contributed by atoms with Gasteiger partial charge in [0.25, 0.3) is 0 Å². The normalized spacial score (nSPS) is 18.7. The van der Waals surface area contributed by atoms with Crippen LogP contribution in [-0.2, 0) is 6.54 Å². The van der Waals surface area contributed by atoms with Crippen molar-refractivity contribution in [2.45, 2.75) is 42.9 Å². The molecule has 10 heteroatoms. The molecule has 0 aromatic heterocycles. The Labute approximate surface area is 193 Å². The molecular formula is C21H28B4N2O3S. The van der Waals surface area contributed by atoms with Crippen LogP contribution in [0.5, 0.6) is 5.75 Å². The zero-order valence-electron chi connectivity index (χ0n) is 19.2. The van der Waals surface area contributed by atoms with Crippen LogP contribution in [0.1, 0.15) is 30.0 Å². The third kappa shape index (κ3) is 5.24. The summed E-state index contributed by atoms with van der Waals surface area (Å²) in [5.41, 5.74) is 3.87. The average Bonchev–Trinajstić information content (AvgIpc) is 2.65. The summed E-state index contributed by atoms with van der Waals surface area (Å²) in [6.45, 7) is 4.53. The summed E-state index contributed by atoms with van der Waals surface area (Å²) in [7, 11) is 8.98. The van der Waals surface area contributed by atoms with E-state index in [0.717, 1.165) is 24.1 Å². The topological polar surface area (TPSA) is 55.6 Å². The molecule has 1 atom stereocenters. The molecule has 0 N–H and O–H groups in total. The summed E-state index contributed by atoms with van der Waals surface area (Å²) >= 11 is 4.26. The molecule has 1 aliphatic heterocycles. The van der Waals surface area contributed by atoms with Crippen LogP contribution < -0.4 is 4.74 Å². The number of nitro groups is 1. The van der Waals surface area contributed by atoms with Crippen molar-refractivity contribution in [1.29, 1.82) is 0 Å². The first-order chi connectivity index (χ1) is 14.4. The molecule has 1 unspecified atom stereocenters. The van der Waals surface area contributed by atoms with Crippen molar-refractivity contribution < 1.29 is 9.66 Å². The Morgan fingerprint density at radius 3 is 2.42 bits per heavy atom. The zero-order chi connectivity index (χ0) is 23.0. The Morgan fingerprint density at radius 2 is 1.87 bits per heavy atom. The van der Waals surface area contributed by atoms with Crippen molar-refractivity contribution in [3.63, 3.8) is 0 Å². The van der Waals surface area contributed by atoms with Crippen molar-refractivity contribution in [1.82, 2.24) is 4.90 Å². The number of ether oxygens (including phenoxy) is 1. The van der Waals surface area contributed by atoms with E-state index in [1.165, 1.54) is 11.1 Å². The number of hydrogen-bond acceptors (Lipinski definition) is 5. The van der Waals surface area contributed by atoms with Crippen LogP contribution in [-0.4, -0.2) is 57.3 Å². The van der Waals surface area contributed by atoms with E-state index in [2.05, 4.69) is 79.3 Å². The molecule has 5 nitrogen and oxygen atoms in total. The second-order valence-electron chi connectivity index (χ2n) is 9.49. The summed E-state index contributed by atoms with van der Waals surface area (Å²) < 4.78 is 5.68. The monoisotopic (exact) mass is 432 g/mol. The molecule has 158 valence electrons. The van der Waals surface area contributed by atoms with Gasteiger partial charge in [-0.2, -0.15) is 0 Å². The summed E-state index contributed by atoms with van der Waals surface area (Å²) in [5.74, 6) is 0.260. The lowest BCUT2D eigenvalue weighted by molar-refractivity contribution is -0.386. The molecule has 0 fully saturated rings. The molecular weight excluding hydrogens is 404 g/mol. The highest BCUT2D eigenvalue weighted by Crippen LogP contribution is 2.41. The number of hydrogen-bond donors (Lipinski definition) is 1. The van der Waals surface area contributed by atoms with Gasteiger partial charge in [-0.15, -0.1) is 12.6 Å². The van der Waals surface area contributed by atoms with Crippen LogP contribution in [0.15, 0.2) is 48.5 Å². The van der Waals surface area contributed by atoms with E-state index in [-0.39, 0.29) is 22.1 Å². The fourth-order valence-corrected chi connectivity index (χ4v) is 4.81. The summed E-state index contributed by atoms with van der Waals surface area (Å²) in [6, 6.07) is 13.9. The zero-order valence-corrected chi connectivity index (χ0v) is 20.1. The molecule has 1 aliphatic rings. The number of nitro benzene ring substituents is 1. The molecule has 0 spiro atoms. The van der Waals surface area contributed by atoms with Gasteiger partial charge in [0, 0.05) is 12.6 Å². The summed E-state index contributed by atoms with van der Waals surface area (Å²) in [5, 5.41) is 11.2. The predicted molar refractivity (Wildman–Crippen MR) is 141 cm³/mol. The number of thiol groups is 1. The lowest BCUT2D eigenvalue weighted by atomic mass is 9.47. The average molecular weight is 432 g/mol. The van der Waals surface area contributed by atoms with Crippen molar-refractivity contribution in [2.24, 2.45) is 0 Å². The van der Waals surface area contributed by atoms with Crippen LogP contribution >= 0.6 is 12.6 Å². The molecule has 0 radical (unpaired) electrons. The van der Waals surface area contributed by atoms with E-state index in [1.807, 2.05) is 19.1 Å². The van der Waals surface area contributed by atoms with Crippen molar-refractivity contribution in [3.05, 3.63) is 75.3 Å². The fraction of sp³-hybridized carbons (Fsp3) is 0.333. The van der Waals surface area contributed by atoms with Gasteiger partial charge in [0.15, 0.2) is 5.75 Å². The van der Waals surface area contributed by atoms with Gasteiger partial charge < -0.3 is 9.64 Å². The Balaban J connectivity index is 2.05. The van der Waals surface area contributed by atoms with Crippen LogP contribution in [0.3, 0.4) is 0 Å². The first-order valence-electron chi connectivity index (χ1n) is 10.6. The SMILES string of the molecule is BC1(B)C=C(c2cc(OC(C)S)c([N+](=O)[O-])cc2C)CC(B)(B)N1Cc1ccccc1. The minimum Gasteiger partial charge on any atom is -0.473 e. The van der Waals surface area contributed by atoms with Crippen molar-refractivity contribution >= 4 is 55.3 Å². The molecule has 0 aliphatic carbocycles. The molecule has 0 bridgehead atoms. The van der Waals surface area contributed by atoms with Crippen LogP contribution in [0, 0.1) is 17.0 Å².